The molecule has 0 fully saturated rings. The van der Waals surface area contributed by atoms with Gasteiger partial charge >= 0.3 is 0 Å². The number of carbonyl (C=O) groups is 1. The molecule has 0 radical (unpaired) electrons. The second kappa shape index (κ2) is 4.81. The van der Waals surface area contributed by atoms with Gasteiger partial charge in [0.05, 0.1) is 12.0 Å². The normalized spacial score (nSPS) is 23.1. The zero-order chi connectivity index (χ0) is 12.5. The number of rotatable bonds is 3. The lowest BCUT2D eigenvalue weighted by Gasteiger charge is -2.37. The van der Waals surface area contributed by atoms with Crippen molar-refractivity contribution in [2.75, 3.05) is 0 Å². The summed E-state index contributed by atoms with van der Waals surface area (Å²) in [5.74, 6) is 0.931. The molecule has 1 atom stereocenters. The second-order valence-electron chi connectivity index (χ2n) is 4.63. The van der Waals surface area contributed by atoms with Crippen LogP contribution >= 0.6 is 15.9 Å². The lowest BCUT2D eigenvalue weighted by Crippen LogP contribution is -2.41. The highest BCUT2D eigenvalue weighted by atomic mass is 79.9. The first-order valence-electron chi connectivity index (χ1n) is 6.12. The van der Waals surface area contributed by atoms with E-state index in [1.54, 1.807) is 0 Å². The molecule has 0 bridgehead atoms. The van der Waals surface area contributed by atoms with Gasteiger partial charge in [0.15, 0.2) is 5.78 Å². The van der Waals surface area contributed by atoms with Crippen molar-refractivity contribution in [2.45, 2.75) is 45.1 Å². The number of carbonyl (C=O) groups excluding carboxylic acids is 1. The molecule has 0 amide bonds. The maximum Gasteiger partial charge on any atom is 0.170 e. The van der Waals surface area contributed by atoms with Gasteiger partial charge in [-0.05, 0) is 31.0 Å². The van der Waals surface area contributed by atoms with Crippen molar-refractivity contribution < 1.29 is 9.53 Å². The monoisotopic (exact) mass is 296 g/mol. The lowest BCUT2D eigenvalue weighted by atomic mass is 9.84. The van der Waals surface area contributed by atoms with Crippen molar-refractivity contribution in [1.82, 2.24) is 0 Å². The molecule has 0 aromatic heterocycles. The smallest absolute Gasteiger partial charge is 0.170 e. The minimum atomic E-state index is -0.292. The van der Waals surface area contributed by atoms with Crippen LogP contribution in [0.2, 0.25) is 0 Å². The third-order valence-corrected chi connectivity index (χ3v) is 3.90. The molecule has 0 spiro atoms. The van der Waals surface area contributed by atoms with Crippen LogP contribution in [-0.2, 0) is 0 Å². The highest BCUT2D eigenvalue weighted by Crippen LogP contribution is 2.39. The Bertz CT molecular complexity index is 442. The molecule has 2 rings (SSSR count). The molecule has 1 aromatic rings. The summed E-state index contributed by atoms with van der Waals surface area (Å²) in [6.45, 7) is 4.22. The Labute approximate surface area is 110 Å². The van der Waals surface area contributed by atoms with Crippen molar-refractivity contribution in [1.29, 1.82) is 0 Å². The average molecular weight is 297 g/mol. The Hall–Kier alpha value is -0.830. The number of Topliss-reactive ketones (excluding diaryl/α,β-unsaturated/α-hetero) is 1. The van der Waals surface area contributed by atoms with Crippen LogP contribution in [-0.4, -0.2) is 11.4 Å². The first-order valence-corrected chi connectivity index (χ1v) is 6.91. The molecule has 0 saturated carbocycles. The molecule has 1 aliphatic rings. The number of halogens is 1. The highest BCUT2D eigenvalue weighted by molar-refractivity contribution is 9.10. The lowest BCUT2D eigenvalue weighted by molar-refractivity contribution is 0.0310. The number of fused-ring (bicyclic) bond motifs is 1. The van der Waals surface area contributed by atoms with Gasteiger partial charge in [0.2, 0.25) is 0 Å². The van der Waals surface area contributed by atoms with Gasteiger partial charge in [0, 0.05) is 4.47 Å². The first-order chi connectivity index (χ1) is 8.10. The molecule has 92 valence electrons. The van der Waals surface area contributed by atoms with E-state index in [2.05, 4.69) is 29.8 Å². The fourth-order valence-electron chi connectivity index (χ4n) is 2.44. The number of ether oxygens (including phenoxy) is 1. The van der Waals surface area contributed by atoms with Crippen LogP contribution in [0.5, 0.6) is 5.75 Å². The van der Waals surface area contributed by atoms with Crippen molar-refractivity contribution in [3.8, 4) is 5.75 Å². The van der Waals surface area contributed by atoms with Crippen LogP contribution in [0.4, 0.5) is 0 Å². The summed E-state index contributed by atoms with van der Waals surface area (Å²) in [5, 5.41) is 0. The van der Waals surface area contributed by atoms with Gasteiger partial charge in [-0.25, -0.2) is 0 Å². The van der Waals surface area contributed by atoms with Crippen LogP contribution in [0.1, 0.15) is 49.9 Å². The minimum Gasteiger partial charge on any atom is -0.486 e. The van der Waals surface area contributed by atoms with Gasteiger partial charge in [0.1, 0.15) is 11.4 Å². The molecule has 1 heterocycles. The predicted molar refractivity (Wildman–Crippen MR) is 71.6 cm³/mol. The van der Waals surface area contributed by atoms with Crippen molar-refractivity contribution in [2.24, 2.45) is 0 Å². The number of hydrogen-bond donors (Lipinski definition) is 0. The average Bonchev–Trinajstić information content (AvgIpc) is 2.28. The number of ketones is 1. The van der Waals surface area contributed by atoms with Crippen LogP contribution < -0.4 is 4.74 Å². The first kappa shape index (κ1) is 12.6. The summed E-state index contributed by atoms with van der Waals surface area (Å²) < 4.78 is 7.06. The fraction of sp³-hybridized carbons (Fsp3) is 0.500. The molecule has 1 aliphatic heterocycles. The van der Waals surface area contributed by atoms with Gasteiger partial charge in [-0.3, -0.25) is 4.79 Å². The van der Waals surface area contributed by atoms with Crippen LogP contribution in [0, 0.1) is 0 Å². The summed E-state index contributed by atoms with van der Waals surface area (Å²) in [6, 6.07) is 5.62. The van der Waals surface area contributed by atoms with Gasteiger partial charge in [-0.1, -0.05) is 36.2 Å². The summed E-state index contributed by atoms with van der Waals surface area (Å²) in [5.41, 5.74) is 0.424. The summed E-state index contributed by atoms with van der Waals surface area (Å²) in [6.07, 6.45) is 3.34. The van der Waals surface area contributed by atoms with E-state index in [1.807, 2.05) is 18.2 Å². The predicted octanol–water partition coefficient (Wildman–Crippen LogP) is 4.36. The summed E-state index contributed by atoms with van der Waals surface area (Å²) in [7, 11) is 0. The van der Waals surface area contributed by atoms with Crippen LogP contribution in [0.25, 0.3) is 0 Å². The maximum absolute atomic E-state index is 12.2. The largest absolute Gasteiger partial charge is 0.486 e. The number of hydrogen-bond acceptors (Lipinski definition) is 2. The zero-order valence-corrected chi connectivity index (χ0v) is 11.8. The Morgan fingerprint density at radius 3 is 2.82 bits per heavy atom. The van der Waals surface area contributed by atoms with E-state index in [4.69, 9.17) is 4.74 Å². The van der Waals surface area contributed by atoms with E-state index in [1.165, 1.54) is 0 Å². The van der Waals surface area contributed by atoms with E-state index < -0.39 is 0 Å². The Balaban J connectivity index is 2.40. The molecule has 2 nitrogen and oxygen atoms in total. The SMILES string of the molecule is CCCC1(CC)CC(=O)c2ccc(Br)cc2O1. The summed E-state index contributed by atoms with van der Waals surface area (Å²) >= 11 is 3.42. The van der Waals surface area contributed by atoms with E-state index in [-0.39, 0.29) is 11.4 Å². The van der Waals surface area contributed by atoms with Gasteiger partial charge in [0.25, 0.3) is 0 Å². The van der Waals surface area contributed by atoms with E-state index in [9.17, 15) is 4.79 Å². The molecular weight excluding hydrogens is 280 g/mol. The van der Waals surface area contributed by atoms with Gasteiger partial charge in [-0.15, -0.1) is 0 Å². The topological polar surface area (TPSA) is 26.3 Å². The maximum atomic E-state index is 12.2. The highest BCUT2D eigenvalue weighted by Gasteiger charge is 2.38. The zero-order valence-electron chi connectivity index (χ0n) is 10.3. The Morgan fingerprint density at radius 1 is 1.41 bits per heavy atom. The molecular formula is C14H17BrO2. The van der Waals surface area contributed by atoms with Crippen molar-refractivity contribution in [3.05, 3.63) is 28.2 Å². The van der Waals surface area contributed by atoms with Gasteiger partial charge in [-0.2, -0.15) is 0 Å². The third-order valence-electron chi connectivity index (χ3n) is 3.40. The third kappa shape index (κ3) is 2.39. The molecule has 3 heteroatoms. The Kier molecular flexibility index (Phi) is 3.57. The molecule has 0 saturated heterocycles. The molecule has 0 aliphatic carbocycles. The van der Waals surface area contributed by atoms with Crippen molar-refractivity contribution in [3.63, 3.8) is 0 Å². The van der Waals surface area contributed by atoms with Crippen LogP contribution in [0.15, 0.2) is 22.7 Å². The fourth-order valence-corrected chi connectivity index (χ4v) is 2.78. The number of benzene rings is 1. The van der Waals surface area contributed by atoms with E-state index >= 15 is 0 Å². The Morgan fingerprint density at radius 2 is 2.18 bits per heavy atom. The molecule has 1 unspecified atom stereocenters. The van der Waals surface area contributed by atoms with Gasteiger partial charge < -0.3 is 4.74 Å². The molecule has 1 aromatic carbocycles. The quantitative estimate of drug-likeness (QED) is 0.828. The standard InChI is InChI=1S/C14H17BrO2/c1-3-7-14(4-2)9-12(16)11-6-5-10(15)8-13(11)17-14/h5-6,8H,3-4,7,9H2,1-2H3. The minimum absolute atomic E-state index is 0.203. The molecule has 0 N–H and O–H groups in total. The molecule has 17 heavy (non-hydrogen) atoms. The summed E-state index contributed by atoms with van der Waals surface area (Å²) in [4.78, 5) is 12.2. The van der Waals surface area contributed by atoms with Crippen molar-refractivity contribution >= 4 is 21.7 Å². The van der Waals surface area contributed by atoms with E-state index in [0.717, 1.165) is 29.5 Å². The van der Waals surface area contributed by atoms with Crippen LogP contribution in [0.3, 0.4) is 0 Å². The second-order valence-corrected chi connectivity index (χ2v) is 5.54. The van der Waals surface area contributed by atoms with E-state index in [0.29, 0.717) is 12.0 Å².